The first-order valence-electron chi connectivity index (χ1n) is 7.76. The third-order valence-electron chi connectivity index (χ3n) is 3.71. The van der Waals surface area contributed by atoms with Crippen LogP contribution < -0.4 is 4.74 Å². The summed E-state index contributed by atoms with van der Waals surface area (Å²) in [5.41, 5.74) is 2.24. The lowest BCUT2D eigenvalue weighted by molar-refractivity contribution is 0.256. The molecule has 1 heterocycles. The minimum Gasteiger partial charge on any atom is -0.486 e. The van der Waals surface area contributed by atoms with E-state index in [0.29, 0.717) is 11.5 Å². The van der Waals surface area contributed by atoms with Gasteiger partial charge in [-0.15, -0.1) is 0 Å². The van der Waals surface area contributed by atoms with Gasteiger partial charge >= 0.3 is 0 Å². The van der Waals surface area contributed by atoms with Gasteiger partial charge in [0.05, 0.1) is 0 Å². The van der Waals surface area contributed by atoms with E-state index in [0.717, 1.165) is 15.4 Å². The fraction of sp³-hybridized carbons (Fsp3) is 0.158. The van der Waals surface area contributed by atoms with Crippen LogP contribution in [0.15, 0.2) is 76.2 Å². The second-order valence-corrected chi connectivity index (χ2v) is 7.77. The summed E-state index contributed by atoms with van der Waals surface area (Å²) in [4.78, 5) is 0. The van der Waals surface area contributed by atoms with Crippen molar-refractivity contribution < 1.29 is 17.6 Å². The third-order valence-corrected chi connectivity index (χ3v) is 5.40. The molecule has 6 heteroatoms. The number of rotatable bonds is 6. The monoisotopic (exact) mass is 357 g/mol. The van der Waals surface area contributed by atoms with Crippen LogP contribution in [-0.4, -0.2) is 26.8 Å². The molecule has 0 atom stereocenters. The van der Waals surface area contributed by atoms with Gasteiger partial charge in [-0.2, -0.15) is 0 Å². The van der Waals surface area contributed by atoms with Crippen LogP contribution in [0.2, 0.25) is 0 Å². The summed E-state index contributed by atoms with van der Waals surface area (Å²) in [5, 5.41) is -0.0875. The Labute approximate surface area is 147 Å². The summed E-state index contributed by atoms with van der Waals surface area (Å²) in [6.45, 7) is 0.160. The molecule has 0 N–H and O–H groups in total. The third kappa shape index (κ3) is 3.92. The maximum absolute atomic E-state index is 12.0. The summed E-state index contributed by atoms with van der Waals surface area (Å²) in [7, 11) is -0.643. The number of sulfonamides is 1. The van der Waals surface area contributed by atoms with Crippen LogP contribution in [0.4, 0.5) is 0 Å². The minimum atomic E-state index is -3.56. The van der Waals surface area contributed by atoms with Gasteiger partial charge in [0.1, 0.15) is 18.1 Å². The molecule has 0 aliphatic rings. The summed E-state index contributed by atoms with van der Waals surface area (Å²) < 4.78 is 36.1. The van der Waals surface area contributed by atoms with E-state index in [2.05, 4.69) is 0 Å². The van der Waals surface area contributed by atoms with Crippen molar-refractivity contribution in [1.82, 2.24) is 4.31 Å². The zero-order valence-corrected chi connectivity index (χ0v) is 14.9. The predicted molar refractivity (Wildman–Crippen MR) is 95.8 cm³/mol. The van der Waals surface area contributed by atoms with Crippen molar-refractivity contribution in [3.05, 3.63) is 72.5 Å². The van der Waals surface area contributed by atoms with Crippen molar-refractivity contribution in [2.75, 3.05) is 14.1 Å². The molecule has 3 aromatic rings. The Balaban J connectivity index is 1.66. The van der Waals surface area contributed by atoms with E-state index in [1.807, 2.05) is 54.6 Å². The molecule has 0 amide bonds. The maximum Gasteiger partial charge on any atom is 0.275 e. The lowest BCUT2D eigenvalue weighted by Gasteiger charge is -2.08. The molecule has 1 aromatic heterocycles. The molecule has 3 rings (SSSR count). The van der Waals surface area contributed by atoms with Gasteiger partial charge in [0.2, 0.25) is 5.09 Å². The van der Waals surface area contributed by atoms with Gasteiger partial charge in [0, 0.05) is 14.1 Å². The standard InChI is InChI=1S/C19H19NO4S/c1-20(2)25(21,22)19-13-12-18(24-19)14-23-17-10-8-16(9-11-17)15-6-4-3-5-7-15/h3-13H,14H2,1-2H3. The highest BCUT2D eigenvalue weighted by atomic mass is 32.2. The van der Waals surface area contributed by atoms with Crippen LogP contribution >= 0.6 is 0 Å². The molecule has 0 aliphatic carbocycles. The van der Waals surface area contributed by atoms with Crippen molar-refractivity contribution in [1.29, 1.82) is 0 Å². The molecule has 0 spiro atoms. The Kier molecular flexibility index (Phi) is 4.92. The van der Waals surface area contributed by atoms with E-state index in [4.69, 9.17) is 9.15 Å². The summed E-state index contributed by atoms with van der Waals surface area (Å²) in [5.74, 6) is 1.14. The van der Waals surface area contributed by atoms with Gasteiger partial charge < -0.3 is 9.15 Å². The highest BCUT2D eigenvalue weighted by Gasteiger charge is 2.21. The first-order chi connectivity index (χ1) is 12.0. The summed E-state index contributed by atoms with van der Waals surface area (Å²) in [6, 6.07) is 20.8. The van der Waals surface area contributed by atoms with Crippen molar-refractivity contribution in [3.8, 4) is 16.9 Å². The molecule has 0 aliphatic heterocycles. The Hall–Kier alpha value is -2.57. The highest BCUT2D eigenvalue weighted by molar-refractivity contribution is 7.88. The second kappa shape index (κ2) is 7.13. The molecular weight excluding hydrogens is 338 g/mol. The normalized spacial score (nSPS) is 11.6. The number of hydrogen-bond acceptors (Lipinski definition) is 4. The number of hydrogen-bond donors (Lipinski definition) is 0. The van der Waals surface area contributed by atoms with E-state index in [1.165, 1.54) is 20.2 Å². The minimum absolute atomic E-state index is 0.0875. The Bertz CT molecular complexity index is 929. The molecule has 25 heavy (non-hydrogen) atoms. The van der Waals surface area contributed by atoms with E-state index in [1.54, 1.807) is 6.07 Å². The molecule has 0 bridgehead atoms. The number of furan rings is 1. The van der Waals surface area contributed by atoms with Crippen molar-refractivity contribution in [3.63, 3.8) is 0 Å². The average Bonchev–Trinajstić information content (AvgIpc) is 3.11. The number of ether oxygens (including phenoxy) is 1. The van der Waals surface area contributed by atoms with Gasteiger partial charge in [-0.3, -0.25) is 0 Å². The fourth-order valence-electron chi connectivity index (χ4n) is 2.28. The Morgan fingerprint density at radius 3 is 2.16 bits per heavy atom. The Morgan fingerprint density at radius 2 is 1.52 bits per heavy atom. The van der Waals surface area contributed by atoms with Gasteiger partial charge in [-0.25, -0.2) is 12.7 Å². The molecule has 5 nitrogen and oxygen atoms in total. The van der Waals surface area contributed by atoms with Crippen LogP contribution in [0.5, 0.6) is 5.75 Å². The molecular formula is C19H19NO4S. The van der Waals surface area contributed by atoms with Crippen LogP contribution in [0.3, 0.4) is 0 Å². The quantitative estimate of drug-likeness (QED) is 0.674. The first kappa shape index (κ1) is 17.3. The molecule has 0 saturated heterocycles. The van der Waals surface area contributed by atoms with Crippen molar-refractivity contribution >= 4 is 10.0 Å². The van der Waals surface area contributed by atoms with Gasteiger partial charge in [-0.05, 0) is 35.4 Å². The average molecular weight is 357 g/mol. The lowest BCUT2D eigenvalue weighted by Crippen LogP contribution is -2.21. The highest BCUT2D eigenvalue weighted by Crippen LogP contribution is 2.23. The summed E-state index contributed by atoms with van der Waals surface area (Å²) >= 11 is 0. The van der Waals surface area contributed by atoms with Crippen LogP contribution in [-0.2, 0) is 16.6 Å². The molecule has 0 unspecified atom stereocenters. The first-order valence-corrected chi connectivity index (χ1v) is 9.20. The van der Waals surface area contributed by atoms with Crippen molar-refractivity contribution in [2.45, 2.75) is 11.7 Å². The van der Waals surface area contributed by atoms with Crippen LogP contribution in [0, 0.1) is 0 Å². The molecule has 0 radical (unpaired) electrons. The zero-order valence-electron chi connectivity index (χ0n) is 14.0. The van der Waals surface area contributed by atoms with Gasteiger partial charge in [0.15, 0.2) is 0 Å². The van der Waals surface area contributed by atoms with Gasteiger partial charge in [-0.1, -0.05) is 42.5 Å². The SMILES string of the molecule is CN(C)S(=O)(=O)c1ccc(COc2ccc(-c3ccccc3)cc2)o1. The van der Waals surface area contributed by atoms with Gasteiger partial charge in [0.25, 0.3) is 10.0 Å². The second-order valence-electron chi connectivity index (χ2n) is 5.69. The maximum atomic E-state index is 12.0. The number of nitrogens with zero attached hydrogens (tertiary/aromatic N) is 1. The predicted octanol–water partition coefficient (Wildman–Crippen LogP) is 3.78. The van der Waals surface area contributed by atoms with Crippen molar-refractivity contribution in [2.24, 2.45) is 0 Å². The van der Waals surface area contributed by atoms with Crippen LogP contribution in [0.1, 0.15) is 5.76 Å². The van der Waals surface area contributed by atoms with E-state index < -0.39 is 10.0 Å². The summed E-state index contributed by atoms with van der Waals surface area (Å²) in [6.07, 6.45) is 0. The fourth-order valence-corrected chi connectivity index (χ4v) is 3.10. The molecule has 0 fully saturated rings. The van der Waals surface area contributed by atoms with E-state index >= 15 is 0 Å². The van der Waals surface area contributed by atoms with E-state index in [9.17, 15) is 8.42 Å². The topological polar surface area (TPSA) is 59.8 Å². The molecule has 0 saturated carbocycles. The molecule has 130 valence electrons. The zero-order chi connectivity index (χ0) is 17.9. The largest absolute Gasteiger partial charge is 0.486 e. The Morgan fingerprint density at radius 1 is 0.880 bits per heavy atom. The molecule has 2 aromatic carbocycles. The number of benzene rings is 2. The van der Waals surface area contributed by atoms with Crippen LogP contribution in [0.25, 0.3) is 11.1 Å². The van der Waals surface area contributed by atoms with E-state index in [-0.39, 0.29) is 11.7 Å². The lowest BCUT2D eigenvalue weighted by atomic mass is 10.1. The smallest absolute Gasteiger partial charge is 0.275 e.